The minimum atomic E-state index is 0.172. The quantitative estimate of drug-likeness (QED) is 0.659. The van der Waals surface area contributed by atoms with Gasteiger partial charge < -0.3 is 4.42 Å². The summed E-state index contributed by atoms with van der Waals surface area (Å²) in [5.74, 6) is 0.172. The van der Waals surface area contributed by atoms with Gasteiger partial charge in [0.15, 0.2) is 5.78 Å². The third kappa shape index (κ3) is 1.65. The third-order valence-corrected chi connectivity index (χ3v) is 2.47. The van der Waals surface area contributed by atoms with Gasteiger partial charge in [0.05, 0.1) is 18.4 Å². The average molecular weight is 179 g/mol. The van der Waals surface area contributed by atoms with Gasteiger partial charge in [0.25, 0.3) is 0 Å². The van der Waals surface area contributed by atoms with Gasteiger partial charge in [-0.25, -0.2) is 0 Å². The predicted octanol–water partition coefficient (Wildman–Crippen LogP) is 1.48. The van der Waals surface area contributed by atoms with Crippen LogP contribution >= 0.6 is 0 Å². The highest BCUT2D eigenvalue weighted by molar-refractivity contribution is 5.98. The van der Waals surface area contributed by atoms with Crippen LogP contribution < -0.4 is 0 Å². The van der Waals surface area contributed by atoms with Gasteiger partial charge in [0.1, 0.15) is 6.26 Å². The molecule has 0 saturated carbocycles. The molecular weight excluding hydrogens is 166 g/mol. The van der Waals surface area contributed by atoms with Crippen molar-refractivity contribution in [2.24, 2.45) is 0 Å². The number of aryl methyl sites for hydroxylation is 1. The Kier molecular flexibility index (Phi) is 2.19. The molecule has 0 atom stereocenters. The summed E-state index contributed by atoms with van der Waals surface area (Å²) in [5, 5.41) is 0. The van der Waals surface area contributed by atoms with E-state index >= 15 is 0 Å². The molecule has 0 aromatic carbocycles. The molecule has 2 heterocycles. The molecule has 3 heteroatoms. The van der Waals surface area contributed by atoms with Crippen molar-refractivity contribution in [1.29, 1.82) is 0 Å². The molecule has 0 bridgehead atoms. The van der Waals surface area contributed by atoms with E-state index in [1.54, 1.807) is 6.26 Å². The number of carbonyl (C=O) groups excluding carboxylic acids is 1. The van der Waals surface area contributed by atoms with Crippen LogP contribution in [0.25, 0.3) is 0 Å². The Bertz CT molecular complexity index is 312. The molecule has 0 aliphatic carbocycles. The maximum Gasteiger partial charge on any atom is 0.180 e. The average Bonchev–Trinajstić information content (AvgIpc) is 2.43. The Hall–Kier alpha value is -1.09. The van der Waals surface area contributed by atoms with Crippen molar-refractivity contribution < 1.29 is 9.21 Å². The van der Waals surface area contributed by atoms with Gasteiger partial charge in [-0.15, -0.1) is 0 Å². The lowest BCUT2D eigenvalue weighted by molar-refractivity contribution is 0.0874. The Morgan fingerprint density at radius 1 is 1.54 bits per heavy atom. The Morgan fingerprint density at radius 3 is 2.77 bits per heavy atom. The van der Waals surface area contributed by atoms with Crippen LogP contribution in [0.3, 0.4) is 0 Å². The number of Topliss-reactive ketones (excluding diaryl/α,β-unsaturated/α-hetero) is 1. The van der Waals surface area contributed by atoms with Gasteiger partial charge in [-0.05, 0) is 32.0 Å². The number of furan rings is 1. The number of nitrogens with zero attached hydrogens (tertiary/aromatic N) is 1. The molecule has 2 rings (SSSR count). The van der Waals surface area contributed by atoms with Crippen molar-refractivity contribution in [2.45, 2.75) is 13.3 Å². The second-order valence-corrected chi connectivity index (χ2v) is 3.52. The largest absolute Gasteiger partial charge is 0.472 e. The second-order valence-electron chi connectivity index (χ2n) is 3.52. The fourth-order valence-electron chi connectivity index (χ4n) is 1.47. The first-order valence-corrected chi connectivity index (χ1v) is 4.56. The summed E-state index contributed by atoms with van der Waals surface area (Å²) in [6.07, 6.45) is 4.37. The summed E-state index contributed by atoms with van der Waals surface area (Å²) in [4.78, 5) is 13.8. The van der Waals surface area contributed by atoms with Crippen LogP contribution in [0, 0.1) is 6.92 Å². The first-order chi connectivity index (χ1) is 6.27. The minimum Gasteiger partial charge on any atom is -0.472 e. The molecule has 3 nitrogen and oxygen atoms in total. The van der Waals surface area contributed by atoms with Gasteiger partial charge in [0, 0.05) is 0 Å². The molecule has 70 valence electrons. The van der Waals surface area contributed by atoms with E-state index in [1.165, 1.54) is 12.7 Å². The van der Waals surface area contributed by atoms with Crippen molar-refractivity contribution in [3.63, 3.8) is 0 Å². The van der Waals surface area contributed by atoms with Gasteiger partial charge in [-0.1, -0.05) is 0 Å². The van der Waals surface area contributed by atoms with Crippen molar-refractivity contribution in [2.75, 3.05) is 19.6 Å². The van der Waals surface area contributed by atoms with E-state index in [0.29, 0.717) is 6.54 Å². The lowest BCUT2D eigenvalue weighted by Crippen LogP contribution is -2.40. The molecular formula is C10H13NO2. The number of hydrogen-bond donors (Lipinski definition) is 0. The van der Waals surface area contributed by atoms with Gasteiger partial charge in [-0.2, -0.15) is 0 Å². The standard InChI is InChI=1S/C10H13NO2/c1-8-6-13-7-9(8)10(12)5-11-3-2-4-11/h6-7H,2-5H2,1H3. The van der Waals surface area contributed by atoms with Crippen LogP contribution in [0.1, 0.15) is 22.3 Å². The van der Waals surface area contributed by atoms with E-state index in [2.05, 4.69) is 4.90 Å². The molecule has 1 saturated heterocycles. The molecule has 1 aromatic heterocycles. The third-order valence-electron chi connectivity index (χ3n) is 2.47. The first-order valence-electron chi connectivity index (χ1n) is 4.56. The predicted molar refractivity (Wildman–Crippen MR) is 48.8 cm³/mol. The van der Waals surface area contributed by atoms with Gasteiger partial charge in [-0.3, -0.25) is 9.69 Å². The van der Waals surface area contributed by atoms with E-state index in [-0.39, 0.29) is 5.78 Å². The lowest BCUT2D eigenvalue weighted by Gasteiger charge is -2.29. The van der Waals surface area contributed by atoms with Crippen molar-refractivity contribution >= 4 is 5.78 Å². The summed E-state index contributed by atoms with van der Waals surface area (Å²) in [7, 11) is 0. The van der Waals surface area contributed by atoms with Crippen LogP contribution in [0.4, 0.5) is 0 Å². The molecule has 0 N–H and O–H groups in total. The highest BCUT2D eigenvalue weighted by Crippen LogP contribution is 2.12. The maximum atomic E-state index is 11.6. The number of likely N-dealkylation sites (tertiary alicyclic amines) is 1. The monoisotopic (exact) mass is 179 g/mol. The van der Waals surface area contributed by atoms with Gasteiger partial charge in [0.2, 0.25) is 0 Å². The van der Waals surface area contributed by atoms with Gasteiger partial charge >= 0.3 is 0 Å². The zero-order valence-corrected chi connectivity index (χ0v) is 7.75. The highest BCUT2D eigenvalue weighted by Gasteiger charge is 2.19. The zero-order valence-electron chi connectivity index (χ0n) is 7.75. The molecule has 0 radical (unpaired) electrons. The topological polar surface area (TPSA) is 33.5 Å². The zero-order chi connectivity index (χ0) is 9.26. The lowest BCUT2D eigenvalue weighted by atomic mass is 10.1. The van der Waals surface area contributed by atoms with Crippen molar-refractivity contribution in [3.05, 3.63) is 23.7 Å². The number of hydrogen-bond acceptors (Lipinski definition) is 3. The van der Waals surface area contributed by atoms with E-state index in [4.69, 9.17) is 4.42 Å². The molecule has 1 fully saturated rings. The van der Waals surface area contributed by atoms with E-state index < -0.39 is 0 Å². The summed E-state index contributed by atoms with van der Waals surface area (Å²) >= 11 is 0. The SMILES string of the molecule is Cc1cocc1C(=O)CN1CCC1. The van der Waals surface area contributed by atoms with Crippen LogP contribution in [-0.2, 0) is 0 Å². The molecule has 1 aliphatic rings. The summed E-state index contributed by atoms with van der Waals surface area (Å²) in [5.41, 5.74) is 1.66. The van der Waals surface area contributed by atoms with E-state index in [0.717, 1.165) is 24.2 Å². The van der Waals surface area contributed by atoms with Crippen LogP contribution in [0.2, 0.25) is 0 Å². The normalized spacial score (nSPS) is 17.0. The first kappa shape index (κ1) is 8.51. The molecule has 0 spiro atoms. The Labute approximate surface area is 77.3 Å². The van der Waals surface area contributed by atoms with Crippen molar-refractivity contribution in [3.8, 4) is 0 Å². The highest BCUT2D eigenvalue weighted by atomic mass is 16.3. The number of carbonyl (C=O) groups is 1. The molecule has 0 unspecified atom stereocenters. The molecule has 13 heavy (non-hydrogen) atoms. The molecule has 1 aliphatic heterocycles. The second kappa shape index (κ2) is 3.34. The minimum absolute atomic E-state index is 0.172. The summed E-state index contributed by atoms with van der Waals surface area (Å²) in [6.45, 7) is 4.55. The number of rotatable bonds is 3. The maximum absolute atomic E-state index is 11.6. The fraction of sp³-hybridized carbons (Fsp3) is 0.500. The summed E-state index contributed by atoms with van der Waals surface area (Å²) < 4.78 is 4.96. The van der Waals surface area contributed by atoms with E-state index in [1.807, 2.05) is 6.92 Å². The van der Waals surface area contributed by atoms with Crippen LogP contribution in [0.5, 0.6) is 0 Å². The van der Waals surface area contributed by atoms with Crippen LogP contribution in [-0.4, -0.2) is 30.3 Å². The van der Waals surface area contributed by atoms with E-state index in [9.17, 15) is 4.79 Å². The van der Waals surface area contributed by atoms with Crippen LogP contribution in [0.15, 0.2) is 16.9 Å². The van der Waals surface area contributed by atoms with Crippen molar-refractivity contribution in [1.82, 2.24) is 4.90 Å². The molecule has 1 aromatic rings. The Morgan fingerprint density at radius 2 is 2.31 bits per heavy atom. The smallest absolute Gasteiger partial charge is 0.180 e. The molecule has 0 amide bonds. The Balaban J connectivity index is 2.00. The fourth-order valence-corrected chi connectivity index (χ4v) is 1.47. The summed E-state index contributed by atoms with van der Waals surface area (Å²) in [6, 6.07) is 0. The number of ketones is 1.